The van der Waals surface area contributed by atoms with Crippen molar-refractivity contribution >= 4 is 16.5 Å². The second-order valence-electron chi connectivity index (χ2n) is 3.88. The van der Waals surface area contributed by atoms with Crippen LogP contribution in [0.1, 0.15) is 16.0 Å². The van der Waals surface area contributed by atoms with E-state index in [-0.39, 0.29) is 0 Å². The number of nitrogens with zero attached hydrogens (tertiary/aromatic N) is 2. The number of hydrogen-bond acceptors (Lipinski definition) is 4. The summed E-state index contributed by atoms with van der Waals surface area (Å²) in [5.41, 5.74) is 4.14. The van der Waals surface area contributed by atoms with Crippen LogP contribution in [0.3, 0.4) is 0 Å². The lowest BCUT2D eigenvalue weighted by atomic mass is 10.0. The van der Waals surface area contributed by atoms with Gasteiger partial charge in [0.25, 0.3) is 0 Å². The SMILES string of the molecule is CNc1nc(-c2cc(C)ccc2C)c(C#N)s1. The second kappa shape index (κ2) is 4.56. The van der Waals surface area contributed by atoms with Gasteiger partial charge in [0.15, 0.2) is 5.13 Å². The van der Waals surface area contributed by atoms with Crippen molar-refractivity contribution in [2.75, 3.05) is 12.4 Å². The lowest BCUT2D eigenvalue weighted by molar-refractivity contribution is 1.32. The standard InChI is InChI=1S/C13H13N3S/c1-8-4-5-9(2)10(6-8)12-11(7-14)17-13(15-3)16-12/h4-6H,1-3H3,(H,15,16). The van der Waals surface area contributed by atoms with E-state index in [2.05, 4.69) is 34.6 Å². The lowest BCUT2D eigenvalue weighted by Gasteiger charge is -2.04. The highest BCUT2D eigenvalue weighted by atomic mass is 32.1. The Hall–Kier alpha value is -1.86. The van der Waals surface area contributed by atoms with E-state index >= 15 is 0 Å². The molecular weight excluding hydrogens is 230 g/mol. The number of nitrogens with one attached hydrogen (secondary N) is 1. The molecule has 86 valence electrons. The van der Waals surface area contributed by atoms with Gasteiger partial charge in [0.2, 0.25) is 0 Å². The Balaban J connectivity index is 2.63. The summed E-state index contributed by atoms with van der Waals surface area (Å²) in [6.07, 6.45) is 0. The van der Waals surface area contributed by atoms with E-state index < -0.39 is 0 Å². The molecule has 0 bridgehead atoms. The molecule has 2 rings (SSSR count). The molecule has 0 aliphatic rings. The molecule has 2 aromatic rings. The highest BCUT2D eigenvalue weighted by Gasteiger charge is 2.14. The minimum atomic E-state index is 0.656. The van der Waals surface area contributed by atoms with Gasteiger partial charge in [-0.3, -0.25) is 0 Å². The number of anilines is 1. The molecule has 0 aliphatic heterocycles. The molecule has 0 unspecified atom stereocenters. The predicted octanol–water partition coefficient (Wildman–Crippen LogP) is 3.34. The fourth-order valence-electron chi connectivity index (χ4n) is 1.68. The Morgan fingerprint density at radius 1 is 1.35 bits per heavy atom. The third-order valence-corrected chi connectivity index (χ3v) is 3.57. The molecule has 0 saturated heterocycles. The molecule has 0 radical (unpaired) electrons. The fourth-order valence-corrected chi connectivity index (χ4v) is 2.41. The van der Waals surface area contributed by atoms with Gasteiger partial charge in [0.05, 0.1) is 0 Å². The molecule has 0 saturated carbocycles. The first kappa shape index (κ1) is 11.6. The molecule has 0 spiro atoms. The first-order chi connectivity index (χ1) is 8.15. The normalized spacial score (nSPS) is 10.0. The van der Waals surface area contributed by atoms with Crippen LogP contribution >= 0.6 is 11.3 Å². The summed E-state index contributed by atoms with van der Waals surface area (Å²) in [7, 11) is 1.81. The maximum absolute atomic E-state index is 9.14. The number of nitriles is 1. The van der Waals surface area contributed by atoms with Crippen molar-refractivity contribution in [2.24, 2.45) is 0 Å². The summed E-state index contributed by atoms with van der Waals surface area (Å²) in [5, 5.41) is 12.9. The zero-order valence-electron chi connectivity index (χ0n) is 10.0. The van der Waals surface area contributed by atoms with Gasteiger partial charge >= 0.3 is 0 Å². The number of rotatable bonds is 2. The highest BCUT2D eigenvalue weighted by Crippen LogP contribution is 2.32. The van der Waals surface area contributed by atoms with Crippen LogP contribution < -0.4 is 5.32 Å². The Labute approximate surface area is 105 Å². The molecule has 4 heteroatoms. The van der Waals surface area contributed by atoms with E-state index in [9.17, 15) is 0 Å². The van der Waals surface area contributed by atoms with Crippen LogP contribution in [-0.2, 0) is 0 Å². The van der Waals surface area contributed by atoms with Crippen molar-refractivity contribution in [3.05, 3.63) is 34.2 Å². The zero-order chi connectivity index (χ0) is 12.4. The van der Waals surface area contributed by atoms with E-state index in [1.807, 2.05) is 20.9 Å². The van der Waals surface area contributed by atoms with Crippen LogP contribution in [0.25, 0.3) is 11.3 Å². The average molecular weight is 243 g/mol. The molecule has 1 aromatic heterocycles. The van der Waals surface area contributed by atoms with Gasteiger partial charge in [-0.25, -0.2) is 4.98 Å². The smallest absolute Gasteiger partial charge is 0.184 e. The van der Waals surface area contributed by atoms with Gasteiger partial charge < -0.3 is 5.32 Å². The minimum absolute atomic E-state index is 0.656. The Morgan fingerprint density at radius 3 is 2.76 bits per heavy atom. The number of hydrogen-bond donors (Lipinski definition) is 1. The highest BCUT2D eigenvalue weighted by molar-refractivity contribution is 7.16. The summed E-state index contributed by atoms with van der Waals surface area (Å²) in [5.74, 6) is 0. The summed E-state index contributed by atoms with van der Waals surface area (Å²) >= 11 is 1.39. The van der Waals surface area contributed by atoms with Gasteiger partial charge in [-0.1, -0.05) is 29.0 Å². The van der Waals surface area contributed by atoms with Crippen LogP contribution in [0.2, 0.25) is 0 Å². The lowest BCUT2D eigenvalue weighted by Crippen LogP contribution is -1.89. The fraction of sp³-hybridized carbons (Fsp3) is 0.231. The third-order valence-electron chi connectivity index (χ3n) is 2.59. The second-order valence-corrected chi connectivity index (χ2v) is 4.88. The summed E-state index contributed by atoms with van der Waals surface area (Å²) < 4.78 is 0. The number of aromatic nitrogens is 1. The van der Waals surface area contributed by atoms with Crippen LogP contribution in [-0.4, -0.2) is 12.0 Å². The van der Waals surface area contributed by atoms with Gasteiger partial charge in [0.1, 0.15) is 16.6 Å². The molecular formula is C13H13N3S. The number of aryl methyl sites for hydroxylation is 2. The van der Waals surface area contributed by atoms with Crippen molar-refractivity contribution in [1.29, 1.82) is 5.26 Å². The van der Waals surface area contributed by atoms with Gasteiger partial charge in [-0.05, 0) is 25.5 Å². The maximum atomic E-state index is 9.14. The van der Waals surface area contributed by atoms with E-state index in [1.54, 1.807) is 0 Å². The first-order valence-electron chi connectivity index (χ1n) is 5.32. The van der Waals surface area contributed by atoms with Gasteiger partial charge in [-0.15, -0.1) is 0 Å². The summed E-state index contributed by atoms with van der Waals surface area (Å²) in [4.78, 5) is 5.11. The van der Waals surface area contributed by atoms with Gasteiger partial charge in [0, 0.05) is 12.6 Å². The van der Waals surface area contributed by atoms with Crippen molar-refractivity contribution in [1.82, 2.24) is 4.98 Å². The number of benzene rings is 1. The third kappa shape index (κ3) is 2.15. The monoisotopic (exact) mass is 243 g/mol. The molecule has 1 aromatic carbocycles. The number of thiazole rings is 1. The Bertz CT molecular complexity index is 593. The molecule has 1 heterocycles. The first-order valence-corrected chi connectivity index (χ1v) is 6.13. The van der Waals surface area contributed by atoms with Crippen molar-refractivity contribution in [3.8, 4) is 17.3 Å². The van der Waals surface area contributed by atoms with Crippen LogP contribution in [0.4, 0.5) is 5.13 Å². The quantitative estimate of drug-likeness (QED) is 0.880. The van der Waals surface area contributed by atoms with Crippen molar-refractivity contribution < 1.29 is 0 Å². The molecule has 1 N–H and O–H groups in total. The van der Waals surface area contributed by atoms with Gasteiger partial charge in [-0.2, -0.15) is 5.26 Å². The van der Waals surface area contributed by atoms with E-state index in [4.69, 9.17) is 5.26 Å². The van der Waals surface area contributed by atoms with Crippen LogP contribution in [0, 0.1) is 25.2 Å². The summed E-state index contributed by atoms with van der Waals surface area (Å²) in [6, 6.07) is 8.41. The Kier molecular flexibility index (Phi) is 3.12. The zero-order valence-corrected chi connectivity index (χ0v) is 10.9. The molecule has 3 nitrogen and oxygen atoms in total. The van der Waals surface area contributed by atoms with Crippen molar-refractivity contribution in [2.45, 2.75) is 13.8 Å². The predicted molar refractivity (Wildman–Crippen MR) is 71.3 cm³/mol. The molecule has 0 atom stereocenters. The van der Waals surface area contributed by atoms with E-state index in [0.717, 1.165) is 22.0 Å². The van der Waals surface area contributed by atoms with Crippen LogP contribution in [0.5, 0.6) is 0 Å². The van der Waals surface area contributed by atoms with Crippen molar-refractivity contribution in [3.63, 3.8) is 0 Å². The molecule has 0 aliphatic carbocycles. The minimum Gasteiger partial charge on any atom is -0.365 e. The molecule has 0 amide bonds. The summed E-state index contributed by atoms with van der Waals surface area (Å²) in [6.45, 7) is 4.08. The average Bonchev–Trinajstić information content (AvgIpc) is 2.75. The van der Waals surface area contributed by atoms with E-state index in [0.29, 0.717) is 4.88 Å². The maximum Gasteiger partial charge on any atom is 0.184 e. The van der Waals surface area contributed by atoms with Crippen LogP contribution in [0.15, 0.2) is 18.2 Å². The Morgan fingerprint density at radius 2 is 2.12 bits per heavy atom. The topological polar surface area (TPSA) is 48.7 Å². The molecule has 0 fully saturated rings. The van der Waals surface area contributed by atoms with E-state index in [1.165, 1.54) is 16.9 Å². The molecule has 17 heavy (non-hydrogen) atoms. The largest absolute Gasteiger partial charge is 0.365 e.